The van der Waals surface area contributed by atoms with E-state index in [0.29, 0.717) is 0 Å². The Balaban J connectivity index is 1.62. The van der Waals surface area contributed by atoms with Gasteiger partial charge in [-0.15, -0.1) is 0 Å². The predicted molar refractivity (Wildman–Crippen MR) is 91.6 cm³/mol. The Hall–Kier alpha value is -2.78. The standard InChI is InChI=1S/C21H17NO2/c1-2-8-15(9-3-1)14-22-20-16-10-4-6-12-18(16)23-21(22)17-11-5-7-13-19(17)24-20/h1-13,20-21H,14H2/t20-,21-/m0/s1. The van der Waals surface area contributed by atoms with Gasteiger partial charge in [0.05, 0.1) is 0 Å². The maximum atomic E-state index is 6.36. The van der Waals surface area contributed by atoms with Crippen molar-refractivity contribution >= 4 is 0 Å². The second-order valence-corrected chi connectivity index (χ2v) is 6.17. The first-order valence-electron chi connectivity index (χ1n) is 8.21. The van der Waals surface area contributed by atoms with Gasteiger partial charge in [-0.3, -0.25) is 0 Å². The monoisotopic (exact) mass is 315 g/mol. The van der Waals surface area contributed by atoms with Gasteiger partial charge in [-0.25, -0.2) is 4.90 Å². The van der Waals surface area contributed by atoms with Crippen LogP contribution in [0.3, 0.4) is 0 Å². The van der Waals surface area contributed by atoms with Crippen LogP contribution in [-0.2, 0) is 6.54 Å². The van der Waals surface area contributed by atoms with Crippen molar-refractivity contribution in [2.75, 3.05) is 0 Å². The number of para-hydroxylation sites is 2. The normalized spacial score (nSPS) is 21.2. The molecule has 0 fully saturated rings. The number of fused-ring (bicyclic) bond motifs is 6. The van der Waals surface area contributed by atoms with Gasteiger partial charge in [-0.1, -0.05) is 66.7 Å². The summed E-state index contributed by atoms with van der Waals surface area (Å²) in [6, 6.07) is 26.8. The predicted octanol–water partition coefficient (Wildman–Crippen LogP) is 4.67. The molecule has 2 bridgehead atoms. The lowest BCUT2D eigenvalue weighted by molar-refractivity contribution is -0.128. The van der Waals surface area contributed by atoms with Crippen LogP contribution in [0.15, 0.2) is 78.9 Å². The van der Waals surface area contributed by atoms with Crippen molar-refractivity contribution in [3.05, 3.63) is 95.6 Å². The zero-order valence-corrected chi connectivity index (χ0v) is 13.1. The maximum Gasteiger partial charge on any atom is 0.185 e. The Morgan fingerprint density at radius 3 is 1.71 bits per heavy atom. The molecule has 2 aliphatic heterocycles. The van der Waals surface area contributed by atoms with E-state index in [1.165, 1.54) is 5.56 Å². The van der Waals surface area contributed by atoms with Crippen molar-refractivity contribution in [2.24, 2.45) is 0 Å². The second kappa shape index (κ2) is 5.39. The van der Waals surface area contributed by atoms with Crippen LogP contribution in [0.1, 0.15) is 29.1 Å². The van der Waals surface area contributed by atoms with E-state index in [1.54, 1.807) is 0 Å². The van der Waals surface area contributed by atoms with Crippen LogP contribution in [-0.4, -0.2) is 4.90 Å². The van der Waals surface area contributed by atoms with E-state index in [2.05, 4.69) is 41.3 Å². The maximum absolute atomic E-state index is 6.36. The molecule has 3 nitrogen and oxygen atoms in total. The summed E-state index contributed by atoms with van der Waals surface area (Å²) in [6.07, 6.45) is -0.259. The number of hydrogen-bond acceptors (Lipinski definition) is 3. The van der Waals surface area contributed by atoms with Gasteiger partial charge in [0.2, 0.25) is 0 Å². The zero-order valence-electron chi connectivity index (χ0n) is 13.1. The number of hydrogen-bond donors (Lipinski definition) is 0. The highest BCUT2D eigenvalue weighted by Gasteiger charge is 2.43. The second-order valence-electron chi connectivity index (χ2n) is 6.17. The Morgan fingerprint density at radius 1 is 0.625 bits per heavy atom. The Bertz CT molecular complexity index is 824. The Labute approximate surface area is 141 Å². The summed E-state index contributed by atoms with van der Waals surface area (Å²) >= 11 is 0. The molecular formula is C21H17NO2. The largest absolute Gasteiger partial charge is 0.470 e. The van der Waals surface area contributed by atoms with Gasteiger partial charge in [0, 0.05) is 17.7 Å². The summed E-state index contributed by atoms with van der Waals surface area (Å²) in [4.78, 5) is 2.28. The number of rotatable bonds is 2. The fourth-order valence-electron chi connectivity index (χ4n) is 3.53. The molecular weight excluding hydrogens is 298 g/mol. The van der Waals surface area contributed by atoms with Crippen molar-refractivity contribution in [3.63, 3.8) is 0 Å². The van der Waals surface area contributed by atoms with Crippen LogP contribution < -0.4 is 9.47 Å². The molecule has 2 aliphatic rings. The molecule has 0 saturated carbocycles. The molecule has 0 spiro atoms. The molecule has 0 aromatic heterocycles. The summed E-state index contributed by atoms with van der Waals surface area (Å²) in [5, 5.41) is 0. The molecule has 24 heavy (non-hydrogen) atoms. The quantitative estimate of drug-likeness (QED) is 0.686. The molecule has 0 amide bonds. The third-order valence-corrected chi connectivity index (χ3v) is 4.66. The average Bonchev–Trinajstić information content (AvgIpc) is 2.63. The van der Waals surface area contributed by atoms with Crippen molar-refractivity contribution in [1.82, 2.24) is 4.90 Å². The van der Waals surface area contributed by atoms with Crippen LogP contribution >= 0.6 is 0 Å². The van der Waals surface area contributed by atoms with Crippen molar-refractivity contribution in [2.45, 2.75) is 19.0 Å². The molecule has 118 valence electrons. The third kappa shape index (κ3) is 2.09. The minimum absolute atomic E-state index is 0.130. The zero-order chi connectivity index (χ0) is 15.9. The highest BCUT2D eigenvalue weighted by atomic mass is 16.6. The van der Waals surface area contributed by atoms with E-state index in [-0.39, 0.29) is 12.5 Å². The van der Waals surface area contributed by atoms with Gasteiger partial charge >= 0.3 is 0 Å². The molecule has 0 saturated heterocycles. The first kappa shape index (κ1) is 13.6. The molecule has 0 aliphatic carbocycles. The lowest BCUT2D eigenvalue weighted by Gasteiger charge is -2.46. The van der Waals surface area contributed by atoms with Gasteiger partial charge in [-0.2, -0.15) is 0 Å². The molecule has 0 N–H and O–H groups in total. The van der Waals surface area contributed by atoms with Crippen LogP contribution in [0.25, 0.3) is 0 Å². The van der Waals surface area contributed by atoms with Crippen LogP contribution in [0.4, 0.5) is 0 Å². The SMILES string of the molecule is c1ccc(CN2[C@H]3Oc4ccccc4[C@@H]2Oc2ccccc23)cc1. The van der Waals surface area contributed by atoms with E-state index >= 15 is 0 Å². The van der Waals surface area contributed by atoms with Gasteiger partial charge in [0.25, 0.3) is 0 Å². The Kier molecular flexibility index (Phi) is 3.06. The van der Waals surface area contributed by atoms with E-state index in [0.717, 1.165) is 29.2 Å². The molecule has 0 unspecified atom stereocenters. The Morgan fingerprint density at radius 2 is 1.12 bits per heavy atom. The molecule has 0 radical (unpaired) electrons. The lowest BCUT2D eigenvalue weighted by Crippen LogP contribution is -2.44. The highest BCUT2D eigenvalue weighted by Crippen LogP contribution is 2.49. The summed E-state index contributed by atoms with van der Waals surface area (Å²) in [6.45, 7) is 0.777. The molecule has 2 heterocycles. The fourth-order valence-corrected chi connectivity index (χ4v) is 3.53. The molecule has 5 rings (SSSR count). The number of nitrogens with zero attached hydrogens (tertiary/aromatic N) is 1. The van der Waals surface area contributed by atoms with Crippen molar-refractivity contribution in [1.29, 1.82) is 0 Å². The van der Waals surface area contributed by atoms with E-state index in [1.807, 2.05) is 42.5 Å². The van der Waals surface area contributed by atoms with Crippen LogP contribution in [0.5, 0.6) is 11.5 Å². The summed E-state index contributed by atoms with van der Waals surface area (Å²) < 4.78 is 12.7. The number of ether oxygens (including phenoxy) is 2. The van der Waals surface area contributed by atoms with Gasteiger partial charge in [-0.05, 0) is 17.7 Å². The average molecular weight is 315 g/mol. The van der Waals surface area contributed by atoms with E-state index in [4.69, 9.17) is 9.47 Å². The minimum Gasteiger partial charge on any atom is -0.470 e. The molecule has 3 heteroatoms. The minimum atomic E-state index is -0.130. The molecule has 3 aromatic rings. The summed E-state index contributed by atoms with van der Waals surface area (Å²) in [7, 11) is 0. The first-order chi connectivity index (χ1) is 11.9. The fraction of sp³-hybridized carbons (Fsp3) is 0.143. The summed E-state index contributed by atoms with van der Waals surface area (Å²) in [5.41, 5.74) is 3.41. The first-order valence-corrected chi connectivity index (χ1v) is 8.21. The van der Waals surface area contributed by atoms with Crippen molar-refractivity contribution in [3.8, 4) is 11.5 Å². The van der Waals surface area contributed by atoms with E-state index in [9.17, 15) is 0 Å². The lowest BCUT2D eigenvalue weighted by atomic mass is 10.0. The van der Waals surface area contributed by atoms with Crippen molar-refractivity contribution < 1.29 is 9.47 Å². The molecule has 2 atom stereocenters. The number of benzene rings is 3. The van der Waals surface area contributed by atoms with E-state index < -0.39 is 0 Å². The molecule has 3 aromatic carbocycles. The third-order valence-electron chi connectivity index (χ3n) is 4.66. The topological polar surface area (TPSA) is 21.7 Å². The van der Waals surface area contributed by atoms with Crippen LogP contribution in [0, 0.1) is 0 Å². The summed E-state index contributed by atoms with van der Waals surface area (Å²) in [5.74, 6) is 1.82. The smallest absolute Gasteiger partial charge is 0.185 e. The van der Waals surface area contributed by atoms with Gasteiger partial charge in [0.15, 0.2) is 12.5 Å². The highest BCUT2D eigenvalue weighted by molar-refractivity contribution is 5.45. The van der Waals surface area contributed by atoms with Gasteiger partial charge < -0.3 is 9.47 Å². The van der Waals surface area contributed by atoms with Gasteiger partial charge in [0.1, 0.15) is 11.5 Å². The van der Waals surface area contributed by atoms with Crippen LogP contribution in [0.2, 0.25) is 0 Å².